The number of nitrogens with one attached hydrogen (secondary N) is 2. The number of rotatable bonds is 3. The molecule has 0 saturated carbocycles. The predicted octanol–water partition coefficient (Wildman–Crippen LogP) is 2.69. The van der Waals surface area contributed by atoms with Gasteiger partial charge in [0, 0.05) is 13.1 Å². The van der Waals surface area contributed by atoms with Gasteiger partial charge in [-0.3, -0.25) is 0 Å². The standard InChI is InChI=1S/C10H15FN2/c1-7(2)13-9-5-4-8(11)6-10(9)12-3/h4-7,12-13H,1-3H3. The van der Waals surface area contributed by atoms with Crippen molar-refractivity contribution in [1.82, 2.24) is 0 Å². The Morgan fingerprint density at radius 3 is 2.46 bits per heavy atom. The minimum Gasteiger partial charge on any atom is -0.386 e. The topological polar surface area (TPSA) is 24.1 Å². The zero-order valence-electron chi connectivity index (χ0n) is 8.19. The minimum atomic E-state index is -0.223. The van der Waals surface area contributed by atoms with E-state index in [9.17, 15) is 4.39 Å². The summed E-state index contributed by atoms with van der Waals surface area (Å²) in [6.45, 7) is 4.09. The largest absolute Gasteiger partial charge is 0.386 e. The summed E-state index contributed by atoms with van der Waals surface area (Å²) < 4.78 is 12.8. The summed E-state index contributed by atoms with van der Waals surface area (Å²) in [6.07, 6.45) is 0. The highest BCUT2D eigenvalue weighted by Crippen LogP contribution is 2.22. The van der Waals surface area contributed by atoms with E-state index in [1.165, 1.54) is 12.1 Å². The fraction of sp³-hybridized carbons (Fsp3) is 0.400. The van der Waals surface area contributed by atoms with Crippen molar-refractivity contribution in [2.75, 3.05) is 17.7 Å². The summed E-state index contributed by atoms with van der Waals surface area (Å²) in [7, 11) is 1.78. The Morgan fingerprint density at radius 2 is 1.92 bits per heavy atom. The van der Waals surface area contributed by atoms with Gasteiger partial charge < -0.3 is 10.6 Å². The van der Waals surface area contributed by atoms with E-state index in [-0.39, 0.29) is 5.82 Å². The smallest absolute Gasteiger partial charge is 0.125 e. The summed E-state index contributed by atoms with van der Waals surface area (Å²) in [4.78, 5) is 0. The molecule has 0 aliphatic rings. The van der Waals surface area contributed by atoms with Crippen molar-refractivity contribution in [3.8, 4) is 0 Å². The van der Waals surface area contributed by atoms with Gasteiger partial charge >= 0.3 is 0 Å². The van der Waals surface area contributed by atoms with Crippen LogP contribution < -0.4 is 10.6 Å². The van der Waals surface area contributed by atoms with E-state index < -0.39 is 0 Å². The lowest BCUT2D eigenvalue weighted by Crippen LogP contribution is -2.11. The summed E-state index contributed by atoms with van der Waals surface area (Å²) in [5.74, 6) is -0.223. The Balaban J connectivity index is 2.92. The van der Waals surface area contributed by atoms with Crippen molar-refractivity contribution in [2.45, 2.75) is 19.9 Å². The Kier molecular flexibility index (Phi) is 3.12. The Morgan fingerprint density at radius 1 is 1.23 bits per heavy atom. The molecule has 0 radical (unpaired) electrons. The van der Waals surface area contributed by atoms with E-state index in [1.807, 2.05) is 13.8 Å². The number of hydrogen-bond acceptors (Lipinski definition) is 2. The van der Waals surface area contributed by atoms with Crippen molar-refractivity contribution in [1.29, 1.82) is 0 Å². The fourth-order valence-corrected chi connectivity index (χ4v) is 1.16. The highest BCUT2D eigenvalue weighted by atomic mass is 19.1. The first-order valence-electron chi connectivity index (χ1n) is 4.37. The quantitative estimate of drug-likeness (QED) is 0.751. The van der Waals surface area contributed by atoms with Crippen LogP contribution in [0.5, 0.6) is 0 Å². The zero-order chi connectivity index (χ0) is 9.84. The second-order valence-corrected chi connectivity index (χ2v) is 3.24. The summed E-state index contributed by atoms with van der Waals surface area (Å²) in [5.41, 5.74) is 1.72. The Labute approximate surface area is 78.2 Å². The maximum Gasteiger partial charge on any atom is 0.125 e. The molecule has 0 saturated heterocycles. The summed E-state index contributed by atoms with van der Waals surface area (Å²) in [6, 6.07) is 5.01. The van der Waals surface area contributed by atoms with E-state index in [0.717, 1.165) is 11.4 Å². The van der Waals surface area contributed by atoms with Gasteiger partial charge in [-0.05, 0) is 32.0 Å². The average molecular weight is 182 g/mol. The lowest BCUT2D eigenvalue weighted by atomic mass is 10.2. The summed E-state index contributed by atoms with van der Waals surface area (Å²) in [5, 5.41) is 6.16. The second kappa shape index (κ2) is 4.12. The van der Waals surface area contributed by atoms with Gasteiger partial charge in [-0.25, -0.2) is 4.39 Å². The highest BCUT2D eigenvalue weighted by Gasteiger charge is 2.02. The van der Waals surface area contributed by atoms with Crippen LogP contribution in [0.2, 0.25) is 0 Å². The van der Waals surface area contributed by atoms with Crippen molar-refractivity contribution in [3.05, 3.63) is 24.0 Å². The van der Waals surface area contributed by atoms with Crippen LogP contribution in [0.4, 0.5) is 15.8 Å². The predicted molar refractivity (Wildman–Crippen MR) is 54.7 cm³/mol. The molecule has 0 atom stereocenters. The molecule has 0 spiro atoms. The molecule has 0 heterocycles. The van der Waals surface area contributed by atoms with Crippen LogP contribution in [0.3, 0.4) is 0 Å². The second-order valence-electron chi connectivity index (χ2n) is 3.24. The van der Waals surface area contributed by atoms with Crippen LogP contribution in [0.15, 0.2) is 18.2 Å². The number of hydrogen-bond donors (Lipinski definition) is 2. The van der Waals surface area contributed by atoms with Crippen molar-refractivity contribution >= 4 is 11.4 Å². The maximum absolute atomic E-state index is 12.8. The van der Waals surface area contributed by atoms with E-state index in [1.54, 1.807) is 13.1 Å². The summed E-state index contributed by atoms with van der Waals surface area (Å²) >= 11 is 0. The maximum atomic E-state index is 12.8. The van der Waals surface area contributed by atoms with Crippen LogP contribution in [0.1, 0.15) is 13.8 Å². The molecule has 72 valence electrons. The molecular weight excluding hydrogens is 167 g/mol. The molecule has 2 N–H and O–H groups in total. The van der Waals surface area contributed by atoms with E-state index in [4.69, 9.17) is 0 Å². The van der Waals surface area contributed by atoms with Gasteiger partial charge in [-0.15, -0.1) is 0 Å². The molecule has 0 aromatic heterocycles. The fourth-order valence-electron chi connectivity index (χ4n) is 1.16. The lowest BCUT2D eigenvalue weighted by Gasteiger charge is -2.14. The van der Waals surface area contributed by atoms with Gasteiger partial charge in [0.2, 0.25) is 0 Å². The first kappa shape index (κ1) is 9.84. The SMILES string of the molecule is CNc1cc(F)ccc1NC(C)C. The van der Waals surface area contributed by atoms with Gasteiger partial charge in [0.05, 0.1) is 11.4 Å². The minimum absolute atomic E-state index is 0.223. The molecule has 0 aliphatic carbocycles. The van der Waals surface area contributed by atoms with Gasteiger partial charge in [-0.2, -0.15) is 0 Å². The number of halogens is 1. The molecule has 0 fully saturated rings. The molecule has 1 aromatic rings. The van der Waals surface area contributed by atoms with Crippen LogP contribution in [-0.4, -0.2) is 13.1 Å². The van der Waals surface area contributed by atoms with Crippen molar-refractivity contribution in [2.24, 2.45) is 0 Å². The third-order valence-corrected chi connectivity index (χ3v) is 1.70. The molecule has 0 amide bonds. The highest BCUT2D eigenvalue weighted by molar-refractivity contribution is 5.68. The third-order valence-electron chi connectivity index (χ3n) is 1.70. The normalized spacial score (nSPS) is 10.2. The first-order chi connectivity index (χ1) is 6.13. The average Bonchev–Trinajstić information content (AvgIpc) is 2.07. The van der Waals surface area contributed by atoms with E-state index in [2.05, 4.69) is 10.6 Å². The molecule has 13 heavy (non-hydrogen) atoms. The zero-order valence-corrected chi connectivity index (χ0v) is 8.19. The Bertz CT molecular complexity index is 284. The molecule has 1 aromatic carbocycles. The van der Waals surface area contributed by atoms with Crippen LogP contribution in [-0.2, 0) is 0 Å². The molecule has 3 heteroatoms. The number of anilines is 2. The third kappa shape index (κ3) is 2.61. The van der Waals surface area contributed by atoms with Gasteiger partial charge in [-0.1, -0.05) is 0 Å². The van der Waals surface area contributed by atoms with E-state index >= 15 is 0 Å². The number of benzene rings is 1. The molecule has 0 unspecified atom stereocenters. The van der Waals surface area contributed by atoms with Gasteiger partial charge in [0.15, 0.2) is 0 Å². The van der Waals surface area contributed by atoms with Gasteiger partial charge in [0.25, 0.3) is 0 Å². The molecule has 1 rings (SSSR count). The Hall–Kier alpha value is -1.25. The van der Waals surface area contributed by atoms with Crippen molar-refractivity contribution < 1.29 is 4.39 Å². The molecular formula is C10H15FN2. The molecule has 0 bridgehead atoms. The molecule has 2 nitrogen and oxygen atoms in total. The van der Waals surface area contributed by atoms with Crippen LogP contribution >= 0.6 is 0 Å². The van der Waals surface area contributed by atoms with Gasteiger partial charge in [0.1, 0.15) is 5.82 Å². The lowest BCUT2D eigenvalue weighted by molar-refractivity contribution is 0.628. The monoisotopic (exact) mass is 182 g/mol. The van der Waals surface area contributed by atoms with Crippen molar-refractivity contribution in [3.63, 3.8) is 0 Å². The first-order valence-corrected chi connectivity index (χ1v) is 4.37. The van der Waals surface area contributed by atoms with Crippen LogP contribution in [0.25, 0.3) is 0 Å². The van der Waals surface area contributed by atoms with E-state index in [0.29, 0.717) is 6.04 Å². The van der Waals surface area contributed by atoms with Crippen LogP contribution in [0, 0.1) is 5.82 Å². The molecule has 0 aliphatic heterocycles.